The second-order valence-electron chi connectivity index (χ2n) is 7.89. The molecule has 2 aliphatic heterocycles. The maximum absolute atomic E-state index is 11.9. The van der Waals surface area contributed by atoms with Crippen LogP contribution in [-0.4, -0.2) is 72.1 Å². The number of hydrogen-bond donors (Lipinski definition) is 3. The van der Waals surface area contributed by atoms with Crippen molar-refractivity contribution in [2.75, 3.05) is 24.6 Å². The third kappa shape index (κ3) is 6.47. The van der Waals surface area contributed by atoms with Crippen LogP contribution in [0.25, 0.3) is 11.1 Å². The fraction of sp³-hybridized carbons (Fsp3) is 0.450. The summed E-state index contributed by atoms with van der Waals surface area (Å²) >= 11 is 0. The van der Waals surface area contributed by atoms with Gasteiger partial charge in [0, 0.05) is 11.8 Å². The quantitative estimate of drug-likeness (QED) is 0.552. The lowest BCUT2D eigenvalue weighted by molar-refractivity contribution is -0.192. The number of carboxylic acid groups (broad SMARTS) is 1. The van der Waals surface area contributed by atoms with E-state index in [1.165, 1.54) is 0 Å². The summed E-state index contributed by atoms with van der Waals surface area (Å²) in [5.41, 5.74) is 7.49. The third-order valence-corrected chi connectivity index (χ3v) is 7.05. The van der Waals surface area contributed by atoms with E-state index in [2.05, 4.69) is 10.4 Å². The van der Waals surface area contributed by atoms with Gasteiger partial charge in [0.1, 0.15) is 11.9 Å². The van der Waals surface area contributed by atoms with Crippen LogP contribution in [0.4, 0.5) is 13.2 Å². The van der Waals surface area contributed by atoms with Crippen molar-refractivity contribution in [3.8, 4) is 16.9 Å². The topological polar surface area (TPSA) is 154 Å². The predicted molar refractivity (Wildman–Crippen MR) is 114 cm³/mol. The highest BCUT2D eigenvalue weighted by atomic mass is 32.2. The molecule has 0 saturated carbocycles. The van der Waals surface area contributed by atoms with Gasteiger partial charge in [-0.15, -0.1) is 0 Å². The van der Waals surface area contributed by atoms with E-state index in [4.69, 9.17) is 20.4 Å². The zero-order valence-electron chi connectivity index (χ0n) is 17.8. The molecule has 1 aromatic heterocycles. The van der Waals surface area contributed by atoms with Gasteiger partial charge in [-0.3, -0.25) is 9.48 Å². The average Bonchev–Trinajstić information content (AvgIpc) is 3.22. The molecule has 0 radical (unpaired) electrons. The van der Waals surface area contributed by atoms with Crippen LogP contribution in [0.2, 0.25) is 0 Å². The highest BCUT2D eigenvalue weighted by Gasteiger charge is 2.38. The summed E-state index contributed by atoms with van der Waals surface area (Å²) < 4.78 is 62.1. The number of alkyl halides is 3. The largest absolute Gasteiger partial charge is 0.490 e. The standard InChI is InChI=1S/C18H22N4O4S.C2HF3O2/c19-18(23)16-7-12(1-2-17(16)26-15-3-5-20-6-4-15)13-8-21-22(9-13)14-10-27(24,25)11-14;3-2(4,5)1(6)7/h1-2,7-9,14-15,20H,3-6,10-11H2,(H2,19,23);(H,6,7). The zero-order chi connectivity index (χ0) is 25.1. The lowest BCUT2D eigenvalue weighted by Crippen LogP contribution is -2.38. The van der Waals surface area contributed by atoms with Crippen LogP contribution >= 0.6 is 0 Å². The fourth-order valence-electron chi connectivity index (χ4n) is 3.47. The molecule has 1 aromatic carbocycles. The molecule has 0 aliphatic carbocycles. The van der Waals surface area contributed by atoms with Crippen LogP contribution in [0.15, 0.2) is 30.6 Å². The van der Waals surface area contributed by atoms with Gasteiger partial charge in [0.2, 0.25) is 0 Å². The number of halogens is 3. The summed E-state index contributed by atoms with van der Waals surface area (Å²) in [5.74, 6) is -2.57. The van der Waals surface area contributed by atoms with Crippen LogP contribution < -0.4 is 15.8 Å². The zero-order valence-corrected chi connectivity index (χ0v) is 18.6. The number of carboxylic acids is 1. The summed E-state index contributed by atoms with van der Waals surface area (Å²) in [5, 5.41) is 14.7. The Kier molecular flexibility index (Phi) is 7.51. The van der Waals surface area contributed by atoms with Crippen molar-refractivity contribution in [1.29, 1.82) is 0 Å². The van der Waals surface area contributed by atoms with Crippen molar-refractivity contribution in [3.63, 3.8) is 0 Å². The Bertz CT molecular complexity index is 1150. The molecule has 1 amide bonds. The number of sulfone groups is 1. The minimum Gasteiger partial charge on any atom is -0.489 e. The van der Waals surface area contributed by atoms with Gasteiger partial charge < -0.3 is 20.9 Å². The Morgan fingerprint density at radius 3 is 2.32 bits per heavy atom. The van der Waals surface area contributed by atoms with Gasteiger partial charge in [0.05, 0.1) is 29.3 Å². The van der Waals surface area contributed by atoms with Gasteiger partial charge in [-0.25, -0.2) is 13.2 Å². The summed E-state index contributed by atoms with van der Waals surface area (Å²) in [6, 6.07) is 5.21. The maximum Gasteiger partial charge on any atom is 0.490 e. The average molecular weight is 504 g/mol. The van der Waals surface area contributed by atoms with Gasteiger partial charge in [-0.1, -0.05) is 6.07 Å². The number of ether oxygens (including phenoxy) is 1. The van der Waals surface area contributed by atoms with E-state index in [0.29, 0.717) is 11.3 Å². The molecule has 2 aliphatic rings. The normalized spacial score (nSPS) is 18.3. The minimum atomic E-state index is -5.08. The van der Waals surface area contributed by atoms with Crippen molar-refractivity contribution >= 4 is 21.7 Å². The van der Waals surface area contributed by atoms with Gasteiger partial charge >= 0.3 is 12.1 Å². The van der Waals surface area contributed by atoms with Gasteiger partial charge in [-0.2, -0.15) is 18.3 Å². The molecular formula is C20H23F3N4O6S. The number of carbonyl (C=O) groups excluding carboxylic acids is 1. The van der Waals surface area contributed by atoms with Gasteiger partial charge in [0.25, 0.3) is 5.91 Å². The first kappa shape index (κ1) is 25.5. The summed E-state index contributed by atoms with van der Waals surface area (Å²) in [6.45, 7) is 1.79. The number of rotatable bonds is 5. The van der Waals surface area contributed by atoms with Crippen LogP contribution in [0.5, 0.6) is 5.75 Å². The number of amides is 1. The first-order chi connectivity index (χ1) is 15.9. The van der Waals surface area contributed by atoms with Crippen molar-refractivity contribution in [1.82, 2.24) is 15.1 Å². The van der Waals surface area contributed by atoms with Crippen LogP contribution in [0.1, 0.15) is 29.2 Å². The van der Waals surface area contributed by atoms with Crippen molar-refractivity contribution in [2.24, 2.45) is 5.73 Å². The number of nitrogens with two attached hydrogens (primary N) is 1. The predicted octanol–water partition coefficient (Wildman–Crippen LogP) is 1.38. The Morgan fingerprint density at radius 1 is 1.18 bits per heavy atom. The highest BCUT2D eigenvalue weighted by Crippen LogP contribution is 2.30. The molecule has 4 N–H and O–H groups in total. The molecule has 14 heteroatoms. The minimum absolute atomic E-state index is 0.0681. The number of hydrogen-bond acceptors (Lipinski definition) is 7. The highest BCUT2D eigenvalue weighted by molar-refractivity contribution is 7.92. The number of piperidine rings is 1. The lowest BCUT2D eigenvalue weighted by Gasteiger charge is -2.25. The molecule has 186 valence electrons. The third-order valence-electron chi connectivity index (χ3n) is 5.27. The molecule has 2 aromatic rings. The van der Waals surface area contributed by atoms with Crippen LogP contribution in [-0.2, 0) is 14.6 Å². The SMILES string of the molecule is NC(=O)c1cc(-c2cnn(C3CS(=O)(=O)C3)c2)ccc1OC1CCNCC1.O=C(O)C(F)(F)F. The Morgan fingerprint density at radius 2 is 1.79 bits per heavy atom. The number of nitrogens with one attached hydrogen (secondary N) is 1. The number of aromatic nitrogens is 2. The Balaban J connectivity index is 0.000000406. The van der Waals surface area contributed by atoms with Crippen molar-refractivity contribution in [2.45, 2.75) is 31.2 Å². The van der Waals surface area contributed by atoms with E-state index in [9.17, 15) is 26.4 Å². The molecule has 0 unspecified atom stereocenters. The molecule has 34 heavy (non-hydrogen) atoms. The molecule has 2 saturated heterocycles. The molecule has 10 nitrogen and oxygen atoms in total. The second-order valence-corrected chi connectivity index (χ2v) is 10.0. The number of carbonyl (C=O) groups is 2. The molecule has 2 fully saturated rings. The number of nitrogens with zero attached hydrogens (tertiary/aromatic N) is 2. The number of benzene rings is 1. The van der Waals surface area contributed by atoms with Crippen molar-refractivity contribution < 1.29 is 41.0 Å². The van der Waals surface area contributed by atoms with Crippen molar-refractivity contribution in [3.05, 3.63) is 36.2 Å². The molecule has 4 rings (SSSR count). The number of primary amides is 1. The Hall–Kier alpha value is -3.13. The van der Waals surface area contributed by atoms with Crippen LogP contribution in [0, 0.1) is 0 Å². The smallest absolute Gasteiger partial charge is 0.489 e. The Labute approximate surface area is 192 Å². The van der Waals surface area contributed by atoms with E-state index < -0.39 is 27.9 Å². The van der Waals surface area contributed by atoms with Crippen LogP contribution in [0.3, 0.4) is 0 Å². The monoisotopic (exact) mass is 504 g/mol. The summed E-state index contributed by atoms with van der Waals surface area (Å²) in [6.07, 6.45) is 0.220. The second kappa shape index (κ2) is 10.0. The first-order valence-corrected chi connectivity index (χ1v) is 12.0. The molecule has 0 atom stereocenters. The molecule has 0 spiro atoms. The van der Waals surface area contributed by atoms with E-state index in [0.717, 1.165) is 37.1 Å². The molecule has 3 heterocycles. The van der Waals surface area contributed by atoms with Gasteiger partial charge in [-0.05, 0) is 43.6 Å². The van der Waals surface area contributed by atoms with E-state index in [1.54, 1.807) is 29.2 Å². The summed E-state index contributed by atoms with van der Waals surface area (Å²) in [7, 11) is -2.91. The fourth-order valence-corrected chi connectivity index (χ4v) is 4.85. The van der Waals surface area contributed by atoms with Gasteiger partial charge in [0.15, 0.2) is 9.84 Å². The molecule has 0 bridgehead atoms. The molecular weight excluding hydrogens is 481 g/mol. The van der Waals surface area contributed by atoms with E-state index in [-0.39, 0.29) is 23.7 Å². The van der Waals surface area contributed by atoms with E-state index in [1.807, 2.05) is 6.07 Å². The number of aliphatic carboxylic acids is 1. The summed E-state index contributed by atoms with van der Waals surface area (Å²) in [4.78, 5) is 20.8. The maximum atomic E-state index is 11.9. The van der Waals surface area contributed by atoms with E-state index >= 15 is 0 Å². The first-order valence-electron chi connectivity index (χ1n) is 10.2. The lowest BCUT2D eigenvalue weighted by atomic mass is 10.0.